The molecule has 0 atom stereocenters. The molecule has 2 heterocycles. The molecule has 0 saturated carbocycles. The van der Waals surface area contributed by atoms with Gasteiger partial charge in [0.05, 0.1) is 16.8 Å². The van der Waals surface area contributed by atoms with E-state index in [1.807, 2.05) is 24.3 Å². The molecule has 0 saturated heterocycles. The normalized spacial score (nSPS) is 10.7. The van der Waals surface area contributed by atoms with Gasteiger partial charge in [0.15, 0.2) is 0 Å². The lowest BCUT2D eigenvalue weighted by molar-refractivity contribution is 0.0995. The van der Waals surface area contributed by atoms with Crippen molar-refractivity contribution in [3.05, 3.63) is 54.0 Å². The Hall–Kier alpha value is -2.80. The number of para-hydroxylation sites is 1. The smallest absolute Gasteiger partial charge is 0.269 e. The number of nitrogens with zero attached hydrogens (tertiary/aromatic N) is 3. The molecule has 6 nitrogen and oxygen atoms in total. The highest BCUT2D eigenvalue weighted by Crippen LogP contribution is 2.24. The minimum absolute atomic E-state index is 0.171. The van der Waals surface area contributed by atoms with E-state index >= 15 is 0 Å². The van der Waals surface area contributed by atoms with E-state index in [2.05, 4.69) is 10.1 Å². The molecule has 7 heteroatoms. The lowest BCUT2D eigenvalue weighted by atomic mass is 10.1. The van der Waals surface area contributed by atoms with Crippen LogP contribution in [0.25, 0.3) is 16.6 Å². The minimum atomic E-state index is -0.594. The van der Waals surface area contributed by atoms with Crippen LogP contribution in [0.1, 0.15) is 16.1 Å². The van der Waals surface area contributed by atoms with Crippen LogP contribution in [0, 0.1) is 0 Å². The van der Waals surface area contributed by atoms with E-state index in [9.17, 15) is 4.79 Å². The number of carbonyl (C=O) groups excluding carboxylic acids is 1. The van der Waals surface area contributed by atoms with Gasteiger partial charge in [-0.05, 0) is 12.1 Å². The zero-order valence-corrected chi connectivity index (χ0v) is 11.7. The summed E-state index contributed by atoms with van der Waals surface area (Å²) in [4.78, 5) is 15.7. The van der Waals surface area contributed by atoms with Crippen molar-refractivity contribution >= 4 is 34.0 Å². The van der Waals surface area contributed by atoms with Crippen LogP contribution in [-0.4, -0.2) is 25.7 Å². The Bertz CT molecular complexity index is 871. The second-order valence-corrected chi connectivity index (χ2v) is 4.85. The number of nitrogens with two attached hydrogens (primary N) is 2. The van der Waals surface area contributed by atoms with E-state index in [1.54, 1.807) is 23.1 Å². The first-order valence-electron chi connectivity index (χ1n) is 6.11. The summed E-state index contributed by atoms with van der Waals surface area (Å²) in [6, 6.07) is 9.08. The van der Waals surface area contributed by atoms with E-state index in [0.29, 0.717) is 11.3 Å². The number of hydrogen-bond donors (Lipinski definition) is 2. The predicted molar refractivity (Wildman–Crippen MR) is 83.3 cm³/mol. The second kappa shape index (κ2) is 4.95. The third-order valence-corrected chi connectivity index (χ3v) is 3.30. The van der Waals surface area contributed by atoms with E-state index in [0.717, 1.165) is 10.9 Å². The van der Waals surface area contributed by atoms with Crippen molar-refractivity contribution in [1.82, 2.24) is 14.8 Å². The van der Waals surface area contributed by atoms with Gasteiger partial charge in [0.2, 0.25) is 0 Å². The fourth-order valence-electron chi connectivity index (χ4n) is 2.13. The third-order valence-electron chi connectivity index (χ3n) is 3.08. The zero-order valence-electron chi connectivity index (χ0n) is 10.9. The van der Waals surface area contributed by atoms with Gasteiger partial charge in [0.1, 0.15) is 10.7 Å². The van der Waals surface area contributed by atoms with E-state index in [4.69, 9.17) is 23.7 Å². The van der Waals surface area contributed by atoms with Crippen molar-refractivity contribution in [3.8, 4) is 5.69 Å². The van der Waals surface area contributed by atoms with Crippen molar-refractivity contribution in [1.29, 1.82) is 0 Å². The third kappa shape index (κ3) is 2.23. The Morgan fingerprint density at radius 3 is 2.62 bits per heavy atom. The van der Waals surface area contributed by atoms with Gasteiger partial charge in [-0.2, -0.15) is 5.10 Å². The number of aromatic nitrogens is 3. The summed E-state index contributed by atoms with van der Waals surface area (Å²) in [6.45, 7) is 0. The largest absolute Gasteiger partial charge is 0.389 e. The number of benzene rings is 1. The molecule has 0 aliphatic rings. The number of amides is 1. The van der Waals surface area contributed by atoms with Gasteiger partial charge in [-0.25, -0.2) is 4.68 Å². The number of thiocarbonyl (C=S) groups is 1. The zero-order chi connectivity index (χ0) is 15.0. The standard InChI is InChI=1S/C14H11N5OS/c15-13(20)11-5-6-19(18-11)12-8-3-1-2-4-10(8)17-7-9(12)14(16)21/h1-7H,(H2,15,20)(H2,16,21). The average Bonchev–Trinajstić information content (AvgIpc) is 2.95. The molecule has 0 bridgehead atoms. The molecule has 1 aromatic carbocycles. The first kappa shape index (κ1) is 13.2. The van der Waals surface area contributed by atoms with E-state index in [-0.39, 0.29) is 10.7 Å². The van der Waals surface area contributed by atoms with Crippen molar-refractivity contribution in [2.24, 2.45) is 11.5 Å². The van der Waals surface area contributed by atoms with Gasteiger partial charge in [-0.15, -0.1) is 0 Å². The highest BCUT2D eigenvalue weighted by Gasteiger charge is 2.15. The van der Waals surface area contributed by atoms with Crippen LogP contribution in [0.4, 0.5) is 0 Å². The number of pyridine rings is 1. The van der Waals surface area contributed by atoms with Crippen LogP contribution in [0.5, 0.6) is 0 Å². The molecular weight excluding hydrogens is 286 g/mol. The van der Waals surface area contributed by atoms with Gasteiger partial charge in [-0.3, -0.25) is 9.78 Å². The molecule has 0 unspecified atom stereocenters. The van der Waals surface area contributed by atoms with Crippen LogP contribution in [-0.2, 0) is 0 Å². The summed E-state index contributed by atoms with van der Waals surface area (Å²) < 4.78 is 1.54. The molecule has 0 radical (unpaired) electrons. The summed E-state index contributed by atoms with van der Waals surface area (Å²) in [6.07, 6.45) is 3.25. The minimum Gasteiger partial charge on any atom is -0.389 e. The molecule has 0 spiro atoms. The summed E-state index contributed by atoms with van der Waals surface area (Å²) in [5, 5.41) is 5.01. The van der Waals surface area contributed by atoms with Crippen LogP contribution < -0.4 is 11.5 Å². The average molecular weight is 297 g/mol. The van der Waals surface area contributed by atoms with E-state index in [1.165, 1.54) is 0 Å². The fraction of sp³-hybridized carbons (Fsp3) is 0. The van der Waals surface area contributed by atoms with Crippen molar-refractivity contribution in [2.75, 3.05) is 0 Å². The van der Waals surface area contributed by atoms with Crippen molar-refractivity contribution in [2.45, 2.75) is 0 Å². The molecule has 3 rings (SSSR count). The molecule has 104 valence electrons. The Morgan fingerprint density at radius 2 is 1.95 bits per heavy atom. The van der Waals surface area contributed by atoms with Crippen LogP contribution in [0.15, 0.2) is 42.7 Å². The second-order valence-electron chi connectivity index (χ2n) is 4.41. The maximum atomic E-state index is 11.2. The van der Waals surface area contributed by atoms with Gasteiger partial charge < -0.3 is 11.5 Å². The summed E-state index contributed by atoms with van der Waals surface area (Å²) in [5.41, 5.74) is 13.2. The number of primary amides is 1. The van der Waals surface area contributed by atoms with Gasteiger partial charge in [0, 0.05) is 17.8 Å². The number of carbonyl (C=O) groups is 1. The molecule has 4 N–H and O–H groups in total. The van der Waals surface area contributed by atoms with Gasteiger partial charge in [0.25, 0.3) is 5.91 Å². The lowest BCUT2D eigenvalue weighted by Gasteiger charge is -2.11. The summed E-state index contributed by atoms with van der Waals surface area (Å²) in [5.74, 6) is -0.594. The quantitative estimate of drug-likeness (QED) is 0.706. The Labute approximate surface area is 125 Å². The van der Waals surface area contributed by atoms with Crippen LogP contribution in [0.2, 0.25) is 0 Å². The number of hydrogen-bond acceptors (Lipinski definition) is 4. The van der Waals surface area contributed by atoms with Crippen LogP contribution >= 0.6 is 12.2 Å². The Kier molecular flexibility index (Phi) is 3.11. The molecule has 0 fully saturated rings. The molecule has 3 aromatic rings. The lowest BCUT2D eigenvalue weighted by Crippen LogP contribution is -2.16. The Balaban J connectivity index is 2.34. The fourth-order valence-corrected chi connectivity index (χ4v) is 2.28. The maximum absolute atomic E-state index is 11.2. The molecule has 1 amide bonds. The number of fused-ring (bicyclic) bond motifs is 1. The molecular formula is C14H11N5OS. The van der Waals surface area contributed by atoms with Crippen molar-refractivity contribution in [3.63, 3.8) is 0 Å². The first-order chi connectivity index (χ1) is 10.1. The summed E-state index contributed by atoms with van der Waals surface area (Å²) in [7, 11) is 0. The highest BCUT2D eigenvalue weighted by molar-refractivity contribution is 7.80. The van der Waals surface area contributed by atoms with Gasteiger partial charge >= 0.3 is 0 Å². The monoisotopic (exact) mass is 297 g/mol. The first-order valence-corrected chi connectivity index (χ1v) is 6.52. The number of rotatable bonds is 3. The highest BCUT2D eigenvalue weighted by atomic mass is 32.1. The van der Waals surface area contributed by atoms with E-state index < -0.39 is 5.91 Å². The molecule has 0 aliphatic carbocycles. The summed E-state index contributed by atoms with van der Waals surface area (Å²) >= 11 is 5.08. The molecule has 21 heavy (non-hydrogen) atoms. The van der Waals surface area contributed by atoms with Crippen molar-refractivity contribution < 1.29 is 4.79 Å². The topological polar surface area (TPSA) is 99.8 Å². The predicted octanol–water partition coefficient (Wildman–Crippen LogP) is 1.15. The molecule has 0 aliphatic heterocycles. The van der Waals surface area contributed by atoms with Gasteiger partial charge in [-0.1, -0.05) is 30.4 Å². The SMILES string of the molecule is NC(=O)c1ccn(-c2c(C(N)=S)cnc3ccccc23)n1. The Morgan fingerprint density at radius 1 is 1.19 bits per heavy atom. The maximum Gasteiger partial charge on any atom is 0.269 e. The molecule has 2 aromatic heterocycles. The van der Waals surface area contributed by atoms with Crippen LogP contribution in [0.3, 0.4) is 0 Å².